The molecule has 0 spiro atoms. The summed E-state index contributed by atoms with van der Waals surface area (Å²) in [6.07, 6.45) is 4.33. The van der Waals surface area contributed by atoms with E-state index in [4.69, 9.17) is 11.6 Å². The van der Waals surface area contributed by atoms with Crippen LogP contribution < -0.4 is 0 Å². The highest BCUT2D eigenvalue weighted by Crippen LogP contribution is 2.67. The average molecular weight is 381 g/mol. The minimum Gasteiger partial charge on any atom is -0.390 e. The number of hydrogen-bond acceptors (Lipinski definition) is 4. The molecule has 4 rings (SSSR count). The number of halogens is 1. The molecule has 0 amide bonds. The Bertz CT molecular complexity index is 696. The summed E-state index contributed by atoms with van der Waals surface area (Å²) < 4.78 is 0. The number of aliphatic hydroxyl groups excluding tert-OH is 3. The number of aliphatic hydroxyl groups is 4. The summed E-state index contributed by atoms with van der Waals surface area (Å²) in [4.78, 5) is 0. The first-order valence-electron chi connectivity index (χ1n) is 9.79. The molecule has 9 atom stereocenters. The molecule has 0 unspecified atom stereocenters. The predicted molar refractivity (Wildman–Crippen MR) is 99.1 cm³/mol. The molecule has 3 saturated carbocycles. The highest BCUT2D eigenvalue weighted by Gasteiger charge is 2.67. The van der Waals surface area contributed by atoms with Crippen LogP contribution in [0.5, 0.6) is 0 Å². The largest absolute Gasteiger partial charge is 0.390 e. The lowest BCUT2D eigenvalue weighted by Crippen LogP contribution is -2.57. The van der Waals surface area contributed by atoms with Gasteiger partial charge in [0.15, 0.2) is 5.60 Å². The summed E-state index contributed by atoms with van der Waals surface area (Å²) in [5.41, 5.74) is -1.07. The Labute approximate surface area is 160 Å². The maximum absolute atomic E-state index is 11.2. The van der Waals surface area contributed by atoms with E-state index in [-0.39, 0.29) is 11.3 Å². The summed E-state index contributed by atoms with van der Waals surface area (Å²) in [6, 6.07) is 0. The van der Waals surface area contributed by atoms with E-state index in [0.29, 0.717) is 24.7 Å². The standard InChI is InChI=1S/C21H29ClO4/c1-19-7-6-16(23)18(25)14(19)4-3-12-13(19)5-8-20(2)15(12)11-17(24)21(20,26)9-10-22/h4,12-13,15-18,23-26H,3,5-8,11H2,1-2H3/t12-,13+,15+,16+,17-,18+,19-,20+,21+/m1/s1. The Hall–Kier alpha value is -0.570. The molecule has 4 N–H and O–H groups in total. The van der Waals surface area contributed by atoms with Crippen molar-refractivity contribution in [1.29, 1.82) is 0 Å². The second-order valence-corrected chi connectivity index (χ2v) is 9.62. The van der Waals surface area contributed by atoms with Crippen molar-refractivity contribution in [3.63, 3.8) is 0 Å². The second-order valence-electron chi connectivity index (χ2n) is 9.43. The summed E-state index contributed by atoms with van der Waals surface area (Å²) >= 11 is 5.62. The van der Waals surface area contributed by atoms with E-state index in [9.17, 15) is 20.4 Å². The van der Waals surface area contributed by atoms with E-state index < -0.39 is 29.3 Å². The van der Waals surface area contributed by atoms with Crippen molar-refractivity contribution in [2.45, 2.75) is 76.3 Å². The van der Waals surface area contributed by atoms with Crippen molar-refractivity contribution in [2.24, 2.45) is 28.6 Å². The van der Waals surface area contributed by atoms with Gasteiger partial charge < -0.3 is 20.4 Å². The highest BCUT2D eigenvalue weighted by atomic mass is 35.5. The van der Waals surface area contributed by atoms with Gasteiger partial charge in [-0.1, -0.05) is 19.9 Å². The van der Waals surface area contributed by atoms with Gasteiger partial charge in [-0.15, -0.1) is 0 Å². The molecule has 0 radical (unpaired) electrons. The predicted octanol–water partition coefficient (Wildman–Crippen LogP) is 2.18. The SMILES string of the molecule is C[C@]12CC[C@H](O)[C@@H](O)C1=CC[C@@H]1[C@@H]2CC[C@@]2(C)[C@H]1C[C@@H](O)[C@@]2(O)C#CCl. The first-order chi connectivity index (χ1) is 12.2. The average Bonchev–Trinajstić information content (AvgIpc) is 2.79. The van der Waals surface area contributed by atoms with Crippen LogP contribution >= 0.6 is 11.6 Å². The molecule has 26 heavy (non-hydrogen) atoms. The number of rotatable bonds is 0. The van der Waals surface area contributed by atoms with Gasteiger partial charge in [-0.05, 0) is 84.8 Å². The lowest BCUT2D eigenvalue weighted by Gasteiger charge is -2.58. The lowest BCUT2D eigenvalue weighted by molar-refractivity contribution is -0.123. The van der Waals surface area contributed by atoms with Crippen molar-refractivity contribution in [3.05, 3.63) is 11.6 Å². The van der Waals surface area contributed by atoms with E-state index in [0.717, 1.165) is 31.3 Å². The highest BCUT2D eigenvalue weighted by molar-refractivity contribution is 6.30. The Morgan fingerprint density at radius 3 is 2.54 bits per heavy atom. The molecule has 4 aliphatic carbocycles. The lowest BCUT2D eigenvalue weighted by atomic mass is 9.46. The van der Waals surface area contributed by atoms with E-state index in [1.165, 1.54) is 0 Å². The molecular formula is C21H29ClO4. The Kier molecular flexibility index (Phi) is 4.31. The molecule has 144 valence electrons. The third-order valence-corrected chi connectivity index (χ3v) is 8.72. The molecule has 4 nitrogen and oxygen atoms in total. The molecule has 0 saturated heterocycles. The smallest absolute Gasteiger partial charge is 0.157 e. The van der Waals surface area contributed by atoms with Gasteiger partial charge in [0.2, 0.25) is 0 Å². The monoisotopic (exact) mass is 380 g/mol. The third kappa shape index (κ3) is 2.19. The van der Waals surface area contributed by atoms with Crippen LogP contribution in [0.1, 0.15) is 52.4 Å². The van der Waals surface area contributed by atoms with Crippen LogP contribution in [0.2, 0.25) is 0 Å². The van der Waals surface area contributed by atoms with Gasteiger partial charge in [0.05, 0.1) is 12.2 Å². The van der Waals surface area contributed by atoms with E-state index >= 15 is 0 Å². The van der Waals surface area contributed by atoms with Crippen LogP contribution in [0, 0.1) is 39.9 Å². The summed E-state index contributed by atoms with van der Waals surface area (Å²) in [6.45, 7) is 4.27. The maximum Gasteiger partial charge on any atom is 0.157 e. The topological polar surface area (TPSA) is 80.9 Å². The van der Waals surface area contributed by atoms with Crippen molar-refractivity contribution in [1.82, 2.24) is 0 Å². The Morgan fingerprint density at radius 2 is 1.85 bits per heavy atom. The molecule has 0 heterocycles. The van der Waals surface area contributed by atoms with Gasteiger partial charge in [0.1, 0.15) is 6.10 Å². The minimum atomic E-state index is -1.46. The molecule has 3 fully saturated rings. The fraction of sp³-hybridized carbons (Fsp3) is 0.810. The summed E-state index contributed by atoms with van der Waals surface area (Å²) in [5, 5.41) is 44.8. The van der Waals surface area contributed by atoms with Gasteiger partial charge >= 0.3 is 0 Å². The van der Waals surface area contributed by atoms with E-state index in [1.807, 2.05) is 6.92 Å². The first-order valence-corrected chi connectivity index (χ1v) is 10.2. The van der Waals surface area contributed by atoms with Crippen molar-refractivity contribution >= 4 is 11.6 Å². The van der Waals surface area contributed by atoms with Gasteiger partial charge in [-0.2, -0.15) is 0 Å². The molecule has 0 aromatic carbocycles. The summed E-state index contributed by atoms with van der Waals surface area (Å²) in [7, 11) is 0. The van der Waals surface area contributed by atoms with Gasteiger partial charge in [0, 0.05) is 10.8 Å². The van der Waals surface area contributed by atoms with Crippen molar-refractivity contribution in [2.75, 3.05) is 0 Å². The van der Waals surface area contributed by atoms with Gasteiger partial charge in [0.25, 0.3) is 0 Å². The summed E-state index contributed by atoms with van der Waals surface area (Å²) in [5.74, 6) is 3.61. The van der Waals surface area contributed by atoms with Crippen LogP contribution in [-0.2, 0) is 0 Å². The molecule has 0 bridgehead atoms. The van der Waals surface area contributed by atoms with Crippen molar-refractivity contribution in [3.8, 4) is 11.3 Å². The second kappa shape index (κ2) is 5.96. The molecule has 4 aliphatic rings. The van der Waals surface area contributed by atoms with Gasteiger partial charge in [-0.3, -0.25) is 0 Å². The normalized spacial score (nSPS) is 55.7. The quantitative estimate of drug-likeness (QED) is 0.383. The van der Waals surface area contributed by atoms with Crippen LogP contribution in [0.3, 0.4) is 0 Å². The fourth-order valence-electron chi connectivity index (χ4n) is 7.04. The van der Waals surface area contributed by atoms with E-state index in [1.54, 1.807) is 0 Å². The minimum absolute atomic E-state index is 0.118. The van der Waals surface area contributed by atoms with Crippen LogP contribution in [0.4, 0.5) is 0 Å². The number of fused-ring (bicyclic) bond motifs is 5. The third-order valence-electron chi connectivity index (χ3n) is 8.62. The van der Waals surface area contributed by atoms with Crippen LogP contribution in [0.15, 0.2) is 11.6 Å². The Morgan fingerprint density at radius 1 is 1.12 bits per heavy atom. The molecule has 0 aliphatic heterocycles. The molecule has 0 aromatic heterocycles. The number of hydrogen-bond donors (Lipinski definition) is 4. The van der Waals surface area contributed by atoms with Crippen molar-refractivity contribution < 1.29 is 20.4 Å². The fourth-order valence-corrected chi connectivity index (χ4v) is 7.18. The molecular weight excluding hydrogens is 352 g/mol. The zero-order valence-electron chi connectivity index (χ0n) is 15.5. The maximum atomic E-state index is 11.2. The molecule has 0 aromatic rings. The first kappa shape index (κ1) is 18.8. The zero-order valence-corrected chi connectivity index (χ0v) is 16.2. The van der Waals surface area contributed by atoms with Gasteiger partial charge in [-0.25, -0.2) is 0 Å². The number of allylic oxidation sites excluding steroid dienone is 1. The Balaban J connectivity index is 1.73. The molecule has 5 heteroatoms. The zero-order chi connectivity index (χ0) is 18.9. The van der Waals surface area contributed by atoms with E-state index in [2.05, 4.69) is 24.3 Å². The van der Waals surface area contributed by atoms with Crippen LogP contribution in [-0.4, -0.2) is 44.3 Å². The van der Waals surface area contributed by atoms with Crippen LogP contribution in [0.25, 0.3) is 0 Å².